The van der Waals surface area contributed by atoms with Gasteiger partial charge in [-0.05, 0) is 34.6 Å². The predicted molar refractivity (Wildman–Crippen MR) is 106 cm³/mol. The lowest BCUT2D eigenvalue weighted by atomic mass is 9.88. The Morgan fingerprint density at radius 1 is 0.769 bits per heavy atom. The van der Waals surface area contributed by atoms with E-state index in [-0.39, 0.29) is 5.91 Å². The van der Waals surface area contributed by atoms with Crippen molar-refractivity contribution in [1.29, 1.82) is 0 Å². The molecule has 26 heavy (non-hydrogen) atoms. The zero-order chi connectivity index (χ0) is 17.8. The molecule has 1 aliphatic rings. The quantitative estimate of drug-likeness (QED) is 0.634. The SMILES string of the molecule is O=C1CC(c2ccc(-c3ccccc3)cc2)CCN1Cc1ccccc1. The molecule has 0 spiro atoms. The van der Waals surface area contributed by atoms with Gasteiger partial charge < -0.3 is 4.90 Å². The summed E-state index contributed by atoms with van der Waals surface area (Å²) in [5.74, 6) is 0.594. The number of carbonyl (C=O) groups excluding carboxylic acids is 1. The maximum absolute atomic E-state index is 12.6. The van der Waals surface area contributed by atoms with Crippen molar-refractivity contribution in [1.82, 2.24) is 4.90 Å². The monoisotopic (exact) mass is 341 g/mol. The number of rotatable bonds is 4. The van der Waals surface area contributed by atoms with Gasteiger partial charge in [0.2, 0.25) is 5.91 Å². The Kier molecular flexibility index (Phi) is 4.83. The highest BCUT2D eigenvalue weighted by molar-refractivity contribution is 5.78. The first-order valence-electron chi connectivity index (χ1n) is 9.27. The Labute approximate surface area is 155 Å². The molecule has 1 saturated heterocycles. The van der Waals surface area contributed by atoms with Gasteiger partial charge in [0.1, 0.15) is 0 Å². The van der Waals surface area contributed by atoms with Gasteiger partial charge in [0.15, 0.2) is 0 Å². The van der Waals surface area contributed by atoms with E-state index in [4.69, 9.17) is 0 Å². The Morgan fingerprint density at radius 3 is 2.04 bits per heavy atom. The fourth-order valence-electron chi connectivity index (χ4n) is 3.71. The van der Waals surface area contributed by atoms with E-state index >= 15 is 0 Å². The van der Waals surface area contributed by atoms with Crippen molar-refractivity contribution in [2.45, 2.75) is 25.3 Å². The van der Waals surface area contributed by atoms with Gasteiger partial charge in [-0.2, -0.15) is 0 Å². The number of benzene rings is 3. The average molecular weight is 341 g/mol. The molecule has 0 bridgehead atoms. The number of likely N-dealkylation sites (tertiary alicyclic amines) is 1. The van der Waals surface area contributed by atoms with E-state index in [1.807, 2.05) is 29.2 Å². The van der Waals surface area contributed by atoms with Gasteiger partial charge in [-0.3, -0.25) is 4.79 Å². The molecule has 1 aliphatic heterocycles. The van der Waals surface area contributed by atoms with Crippen LogP contribution in [0.15, 0.2) is 84.9 Å². The molecule has 0 radical (unpaired) electrons. The Bertz CT molecular complexity index is 856. The minimum Gasteiger partial charge on any atom is -0.338 e. The first kappa shape index (κ1) is 16.6. The number of piperidine rings is 1. The second-order valence-electron chi connectivity index (χ2n) is 6.98. The fraction of sp³-hybridized carbons (Fsp3) is 0.208. The van der Waals surface area contributed by atoms with E-state index in [2.05, 4.69) is 60.7 Å². The highest BCUT2D eigenvalue weighted by atomic mass is 16.2. The molecule has 1 unspecified atom stereocenters. The van der Waals surface area contributed by atoms with Crippen molar-refractivity contribution in [3.63, 3.8) is 0 Å². The Morgan fingerprint density at radius 2 is 1.38 bits per heavy atom. The summed E-state index contributed by atoms with van der Waals surface area (Å²) >= 11 is 0. The van der Waals surface area contributed by atoms with Crippen LogP contribution in [0.3, 0.4) is 0 Å². The van der Waals surface area contributed by atoms with Crippen molar-refractivity contribution in [2.75, 3.05) is 6.54 Å². The van der Waals surface area contributed by atoms with E-state index in [9.17, 15) is 4.79 Å². The van der Waals surface area contributed by atoms with Crippen LogP contribution >= 0.6 is 0 Å². The standard InChI is InChI=1S/C24H23NO/c26-24-17-23(15-16-25(24)18-19-7-3-1-4-8-19)22-13-11-21(12-14-22)20-9-5-2-6-10-20/h1-14,23H,15-18H2. The van der Waals surface area contributed by atoms with E-state index in [0.717, 1.165) is 19.5 Å². The van der Waals surface area contributed by atoms with Crippen LogP contribution in [-0.4, -0.2) is 17.4 Å². The number of nitrogens with zero attached hydrogens (tertiary/aromatic N) is 1. The summed E-state index contributed by atoms with van der Waals surface area (Å²) in [6, 6.07) is 29.4. The van der Waals surface area contributed by atoms with E-state index < -0.39 is 0 Å². The summed E-state index contributed by atoms with van der Waals surface area (Å²) in [4.78, 5) is 14.6. The zero-order valence-electron chi connectivity index (χ0n) is 14.8. The summed E-state index contributed by atoms with van der Waals surface area (Å²) in [5, 5.41) is 0. The van der Waals surface area contributed by atoms with Gasteiger partial charge >= 0.3 is 0 Å². The van der Waals surface area contributed by atoms with Crippen molar-refractivity contribution in [2.24, 2.45) is 0 Å². The summed E-state index contributed by atoms with van der Waals surface area (Å²) in [5.41, 5.74) is 4.93. The molecule has 1 atom stereocenters. The average Bonchev–Trinajstić information content (AvgIpc) is 2.71. The van der Waals surface area contributed by atoms with E-state index in [0.29, 0.717) is 12.3 Å². The van der Waals surface area contributed by atoms with Gasteiger partial charge in [-0.15, -0.1) is 0 Å². The molecule has 0 N–H and O–H groups in total. The molecule has 0 aliphatic carbocycles. The van der Waals surface area contributed by atoms with Gasteiger partial charge in [0, 0.05) is 19.5 Å². The molecule has 2 heteroatoms. The lowest BCUT2D eigenvalue weighted by Gasteiger charge is -2.32. The minimum absolute atomic E-state index is 0.261. The lowest BCUT2D eigenvalue weighted by molar-refractivity contribution is -0.134. The minimum atomic E-state index is 0.261. The van der Waals surface area contributed by atoms with E-state index in [1.165, 1.54) is 22.3 Å². The normalized spacial score (nSPS) is 17.3. The van der Waals surface area contributed by atoms with Crippen LogP contribution in [0, 0.1) is 0 Å². The summed E-state index contributed by atoms with van der Waals surface area (Å²) in [6.45, 7) is 1.55. The number of amides is 1. The molecule has 0 saturated carbocycles. The smallest absolute Gasteiger partial charge is 0.223 e. The molecule has 3 aromatic carbocycles. The highest BCUT2D eigenvalue weighted by Gasteiger charge is 2.26. The maximum Gasteiger partial charge on any atom is 0.223 e. The third kappa shape index (κ3) is 3.70. The van der Waals surface area contributed by atoms with Crippen LogP contribution in [-0.2, 0) is 11.3 Å². The topological polar surface area (TPSA) is 20.3 Å². The molecule has 1 fully saturated rings. The van der Waals surface area contributed by atoms with Gasteiger partial charge in [-0.1, -0.05) is 84.9 Å². The van der Waals surface area contributed by atoms with Crippen LogP contribution < -0.4 is 0 Å². The number of carbonyl (C=O) groups is 1. The number of hydrogen-bond acceptors (Lipinski definition) is 1. The van der Waals surface area contributed by atoms with E-state index in [1.54, 1.807) is 0 Å². The van der Waals surface area contributed by atoms with Crippen LogP contribution in [0.1, 0.15) is 29.9 Å². The molecule has 130 valence electrons. The summed E-state index contributed by atoms with van der Waals surface area (Å²) < 4.78 is 0. The van der Waals surface area contributed by atoms with Crippen molar-refractivity contribution in [3.05, 3.63) is 96.1 Å². The first-order chi connectivity index (χ1) is 12.8. The van der Waals surface area contributed by atoms with Gasteiger partial charge in [0.05, 0.1) is 0 Å². The zero-order valence-corrected chi connectivity index (χ0v) is 14.8. The van der Waals surface area contributed by atoms with Crippen molar-refractivity contribution < 1.29 is 4.79 Å². The van der Waals surface area contributed by atoms with Crippen molar-refractivity contribution in [3.8, 4) is 11.1 Å². The molecule has 0 aromatic heterocycles. The van der Waals surface area contributed by atoms with Crippen LogP contribution in [0.25, 0.3) is 11.1 Å². The molecule has 2 nitrogen and oxygen atoms in total. The highest BCUT2D eigenvalue weighted by Crippen LogP contribution is 2.31. The lowest BCUT2D eigenvalue weighted by Crippen LogP contribution is -2.37. The molecule has 1 heterocycles. The molecule has 1 amide bonds. The van der Waals surface area contributed by atoms with Crippen LogP contribution in [0.4, 0.5) is 0 Å². The van der Waals surface area contributed by atoms with Crippen molar-refractivity contribution >= 4 is 5.91 Å². The largest absolute Gasteiger partial charge is 0.338 e. The van der Waals surface area contributed by atoms with Gasteiger partial charge in [-0.25, -0.2) is 0 Å². The third-order valence-corrected chi connectivity index (χ3v) is 5.23. The molecular formula is C24H23NO. The number of hydrogen-bond donors (Lipinski definition) is 0. The fourth-order valence-corrected chi connectivity index (χ4v) is 3.71. The Hall–Kier alpha value is -2.87. The second-order valence-corrected chi connectivity index (χ2v) is 6.98. The summed E-state index contributed by atoms with van der Waals surface area (Å²) in [6.07, 6.45) is 1.64. The predicted octanol–water partition coefficient (Wildman–Crippen LogP) is 5.26. The molecular weight excluding hydrogens is 318 g/mol. The second kappa shape index (κ2) is 7.57. The van der Waals surface area contributed by atoms with Gasteiger partial charge in [0.25, 0.3) is 0 Å². The molecule has 3 aromatic rings. The van der Waals surface area contributed by atoms with Crippen LogP contribution in [0.2, 0.25) is 0 Å². The molecule has 4 rings (SSSR count). The maximum atomic E-state index is 12.6. The first-order valence-corrected chi connectivity index (χ1v) is 9.27. The Balaban J connectivity index is 1.41. The van der Waals surface area contributed by atoms with Crippen LogP contribution in [0.5, 0.6) is 0 Å². The third-order valence-electron chi connectivity index (χ3n) is 5.23. The summed E-state index contributed by atoms with van der Waals surface area (Å²) in [7, 11) is 0.